The summed E-state index contributed by atoms with van der Waals surface area (Å²) in [6.45, 7) is 0. The number of imidazole rings is 1. The van der Waals surface area contributed by atoms with Gasteiger partial charge < -0.3 is 4.40 Å². The number of pyridine rings is 1. The fraction of sp³-hybridized carbons (Fsp3) is 0. The molecular formula is C19H11ClF2N2. The van der Waals surface area contributed by atoms with Crippen molar-refractivity contribution in [1.82, 2.24) is 9.38 Å². The van der Waals surface area contributed by atoms with Gasteiger partial charge in [0, 0.05) is 40.2 Å². The lowest BCUT2D eigenvalue weighted by molar-refractivity contribution is 0.585. The molecule has 0 spiro atoms. The first-order valence-corrected chi connectivity index (χ1v) is 7.68. The molecule has 5 heteroatoms. The smallest absolute Gasteiger partial charge is 0.137 e. The Balaban J connectivity index is 1.80. The molecule has 2 nitrogen and oxygen atoms in total. The minimum atomic E-state index is -0.593. The van der Waals surface area contributed by atoms with Crippen molar-refractivity contribution in [3.8, 4) is 22.4 Å². The Kier molecular flexibility index (Phi) is 3.54. The van der Waals surface area contributed by atoms with E-state index >= 15 is 0 Å². The molecule has 118 valence electrons. The first-order valence-electron chi connectivity index (χ1n) is 7.30. The van der Waals surface area contributed by atoms with Gasteiger partial charge in [-0.3, -0.25) is 0 Å². The van der Waals surface area contributed by atoms with Gasteiger partial charge in [0.05, 0.1) is 5.69 Å². The SMILES string of the molecule is Fc1ccc(-c2ccc3nc(-c4ccc(Cl)cc4)cn3c2)c(F)c1. The third-order valence-electron chi connectivity index (χ3n) is 3.83. The molecule has 24 heavy (non-hydrogen) atoms. The molecule has 0 bridgehead atoms. The molecule has 0 fully saturated rings. The predicted molar refractivity (Wildman–Crippen MR) is 91.0 cm³/mol. The number of halogens is 3. The first-order chi connectivity index (χ1) is 11.6. The molecule has 0 amide bonds. The van der Waals surface area contributed by atoms with Crippen LogP contribution in [0, 0.1) is 11.6 Å². The van der Waals surface area contributed by atoms with E-state index in [-0.39, 0.29) is 0 Å². The van der Waals surface area contributed by atoms with E-state index in [1.165, 1.54) is 12.1 Å². The van der Waals surface area contributed by atoms with Crippen LogP contribution in [-0.4, -0.2) is 9.38 Å². The third kappa shape index (κ3) is 2.65. The van der Waals surface area contributed by atoms with Crippen LogP contribution in [0.5, 0.6) is 0 Å². The van der Waals surface area contributed by atoms with E-state index in [1.807, 2.05) is 22.7 Å². The van der Waals surface area contributed by atoms with Crippen LogP contribution in [0.4, 0.5) is 8.78 Å². The Labute approximate surface area is 142 Å². The summed E-state index contributed by atoms with van der Waals surface area (Å²) in [4.78, 5) is 4.55. The molecule has 0 saturated heterocycles. The van der Waals surface area contributed by atoms with Gasteiger partial charge in [0.2, 0.25) is 0 Å². The summed E-state index contributed by atoms with van der Waals surface area (Å²) in [5.74, 6) is -1.18. The zero-order valence-corrected chi connectivity index (χ0v) is 13.1. The lowest BCUT2D eigenvalue weighted by Crippen LogP contribution is -1.89. The summed E-state index contributed by atoms with van der Waals surface area (Å²) in [5.41, 5.74) is 3.48. The Bertz CT molecular complexity index is 1040. The van der Waals surface area contributed by atoms with E-state index in [4.69, 9.17) is 11.6 Å². The number of hydrogen-bond donors (Lipinski definition) is 0. The van der Waals surface area contributed by atoms with E-state index in [0.717, 1.165) is 23.0 Å². The Morgan fingerprint density at radius 1 is 0.833 bits per heavy atom. The molecule has 4 aromatic rings. The van der Waals surface area contributed by atoms with Gasteiger partial charge in [-0.05, 0) is 36.4 Å². The highest BCUT2D eigenvalue weighted by Gasteiger charge is 2.09. The van der Waals surface area contributed by atoms with Crippen LogP contribution in [0.15, 0.2) is 67.0 Å². The molecular weight excluding hydrogens is 330 g/mol. The minimum Gasteiger partial charge on any atom is -0.306 e. The molecule has 0 N–H and O–H groups in total. The van der Waals surface area contributed by atoms with Crippen LogP contribution in [0.25, 0.3) is 28.0 Å². The average Bonchev–Trinajstić information content (AvgIpc) is 2.98. The van der Waals surface area contributed by atoms with E-state index in [2.05, 4.69) is 4.98 Å². The van der Waals surface area contributed by atoms with Crippen molar-refractivity contribution in [2.24, 2.45) is 0 Å². The zero-order valence-electron chi connectivity index (χ0n) is 12.4. The van der Waals surface area contributed by atoms with Crippen molar-refractivity contribution >= 4 is 17.2 Å². The number of fused-ring (bicyclic) bond motifs is 1. The quantitative estimate of drug-likeness (QED) is 0.464. The lowest BCUT2D eigenvalue weighted by atomic mass is 10.1. The molecule has 4 rings (SSSR count). The molecule has 2 aromatic carbocycles. The zero-order chi connectivity index (χ0) is 16.7. The standard InChI is InChI=1S/C19H11ClF2N2/c20-14-4-1-12(2-5-14)18-11-24-10-13(3-8-19(24)23-18)16-7-6-15(21)9-17(16)22/h1-11H. The fourth-order valence-electron chi connectivity index (χ4n) is 2.63. The van der Waals surface area contributed by atoms with Crippen LogP contribution < -0.4 is 0 Å². The van der Waals surface area contributed by atoms with Crippen molar-refractivity contribution in [2.75, 3.05) is 0 Å². The average molecular weight is 341 g/mol. The van der Waals surface area contributed by atoms with E-state index in [1.54, 1.807) is 30.5 Å². The highest BCUT2D eigenvalue weighted by molar-refractivity contribution is 6.30. The van der Waals surface area contributed by atoms with Gasteiger partial charge in [0.25, 0.3) is 0 Å². The van der Waals surface area contributed by atoms with Gasteiger partial charge in [-0.25, -0.2) is 13.8 Å². The molecule has 0 aliphatic carbocycles. The van der Waals surface area contributed by atoms with E-state index in [9.17, 15) is 8.78 Å². The summed E-state index contributed by atoms with van der Waals surface area (Å²) in [7, 11) is 0. The minimum absolute atomic E-state index is 0.347. The number of rotatable bonds is 2. The van der Waals surface area contributed by atoms with Crippen molar-refractivity contribution in [1.29, 1.82) is 0 Å². The Morgan fingerprint density at radius 3 is 2.33 bits per heavy atom. The van der Waals surface area contributed by atoms with Crippen molar-refractivity contribution in [3.63, 3.8) is 0 Å². The van der Waals surface area contributed by atoms with Crippen LogP contribution in [0.1, 0.15) is 0 Å². The summed E-state index contributed by atoms with van der Waals surface area (Å²) < 4.78 is 28.9. The number of aromatic nitrogens is 2. The topological polar surface area (TPSA) is 17.3 Å². The van der Waals surface area contributed by atoms with Gasteiger partial charge in [-0.1, -0.05) is 23.7 Å². The second kappa shape index (κ2) is 5.73. The van der Waals surface area contributed by atoms with Gasteiger partial charge in [-0.15, -0.1) is 0 Å². The molecule has 0 aliphatic rings. The summed E-state index contributed by atoms with van der Waals surface area (Å²) >= 11 is 5.90. The lowest BCUT2D eigenvalue weighted by Gasteiger charge is -2.04. The molecule has 0 atom stereocenters. The van der Waals surface area contributed by atoms with Gasteiger partial charge in [-0.2, -0.15) is 0 Å². The van der Waals surface area contributed by atoms with Crippen molar-refractivity contribution in [3.05, 3.63) is 83.6 Å². The molecule has 2 aromatic heterocycles. The normalized spacial score (nSPS) is 11.1. The molecule has 0 saturated carbocycles. The fourth-order valence-corrected chi connectivity index (χ4v) is 2.76. The van der Waals surface area contributed by atoms with E-state index < -0.39 is 11.6 Å². The van der Waals surface area contributed by atoms with Crippen molar-refractivity contribution < 1.29 is 8.78 Å². The van der Waals surface area contributed by atoms with Crippen LogP contribution in [0.2, 0.25) is 5.02 Å². The third-order valence-corrected chi connectivity index (χ3v) is 4.09. The van der Waals surface area contributed by atoms with Gasteiger partial charge in [0.1, 0.15) is 17.3 Å². The number of benzene rings is 2. The molecule has 2 heterocycles. The highest BCUT2D eigenvalue weighted by atomic mass is 35.5. The second-order valence-electron chi connectivity index (χ2n) is 5.44. The maximum absolute atomic E-state index is 14.0. The number of nitrogens with zero attached hydrogens (tertiary/aromatic N) is 2. The summed E-state index contributed by atoms with van der Waals surface area (Å²) in [6, 6.07) is 14.5. The van der Waals surface area contributed by atoms with Gasteiger partial charge >= 0.3 is 0 Å². The van der Waals surface area contributed by atoms with Crippen LogP contribution in [-0.2, 0) is 0 Å². The number of hydrogen-bond acceptors (Lipinski definition) is 1. The Morgan fingerprint density at radius 2 is 1.58 bits per heavy atom. The van der Waals surface area contributed by atoms with Gasteiger partial charge in [0.15, 0.2) is 0 Å². The maximum atomic E-state index is 14.0. The highest BCUT2D eigenvalue weighted by Crippen LogP contribution is 2.26. The first kappa shape index (κ1) is 14.8. The monoisotopic (exact) mass is 340 g/mol. The summed E-state index contributed by atoms with van der Waals surface area (Å²) in [5, 5.41) is 0.664. The largest absolute Gasteiger partial charge is 0.306 e. The Hall–Kier alpha value is -2.72. The molecule has 0 aliphatic heterocycles. The predicted octanol–water partition coefficient (Wildman–Crippen LogP) is 5.60. The molecule has 0 radical (unpaired) electrons. The maximum Gasteiger partial charge on any atom is 0.137 e. The van der Waals surface area contributed by atoms with E-state index in [0.29, 0.717) is 16.1 Å². The van der Waals surface area contributed by atoms with Crippen molar-refractivity contribution in [2.45, 2.75) is 0 Å². The molecule has 0 unspecified atom stereocenters. The van der Waals surface area contributed by atoms with Crippen LogP contribution in [0.3, 0.4) is 0 Å². The summed E-state index contributed by atoms with van der Waals surface area (Å²) in [6.07, 6.45) is 3.64. The van der Waals surface area contributed by atoms with Crippen LogP contribution >= 0.6 is 11.6 Å². The second-order valence-corrected chi connectivity index (χ2v) is 5.88.